The van der Waals surface area contributed by atoms with E-state index in [-0.39, 0.29) is 0 Å². The van der Waals surface area contributed by atoms with Crippen LogP contribution in [-0.2, 0) is 6.54 Å². The molecule has 0 spiro atoms. The minimum Gasteiger partial charge on any atom is -0.353 e. The molecule has 1 aliphatic heterocycles. The quantitative estimate of drug-likeness (QED) is 0.881. The molecule has 2 aliphatic rings. The van der Waals surface area contributed by atoms with Crippen molar-refractivity contribution in [3.8, 4) is 0 Å². The van der Waals surface area contributed by atoms with E-state index in [1.54, 1.807) is 0 Å². The monoisotopic (exact) mass is 259 g/mol. The molecule has 2 heterocycles. The number of piperidine rings is 1. The van der Waals surface area contributed by atoms with Gasteiger partial charge in [-0.05, 0) is 55.3 Å². The molecule has 3 nitrogen and oxygen atoms in total. The highest BCUT2D eigenvalue weighted by Gasteiger charge is 2.38. The van der Waals surface area contributed by atoms with Gasteiger partial charge in [-0.15, -0.1) is 0 Å². The second kappa shape index (κ2) is 5.49. The van der Waals surface area contributed by atoms with E-state index in [1.165, 1.54) is 37.2 Å². The third kappa shape index (κ3) is 2.92. The minimum atomic E-state index is 0.704. The summed E-state index contributed by atoms with van der Waals surface area (Å²) in [5, 5.41) is 3.51. The van der Waals surface area contributed by atoms with Crippen LogP contribution in [0.5, 0.6) is 0 Å². The number of nitrogens with zero attached hydrogens (tertiary/aromatic N) is 2. The molecular formula is C16H25N3. The third-order valence-electron chi connectivity index (χ3n) is 4.40. The largest absolute Gasteiger partial charge is 0.353 e. The lowest BCUT2D eigenvalue weighted by molar-refractivity contribution is 0.546. The first-order valence-corrected chi connectivity index (χ1v) is 7.64. The van der Waals surface area contributed by atoms with Crippen molar-refractivity contribution in [3.63, 3.8) is 0 Å². The van der Waals surface area contributed by atoms with E-state index in [0.717, 1.165) is 25.0 Å². The van der Waals surface area contributed by atoms with E-state index < -0.39 is 0 Å². The van der Waals surface area contributed by atoms with Gasteiger partial charge in [0.05, 0.1) is 0 Å². The van der Waals surface area contributed by atoms with Crippen molar-refractivity contribution in [1.29, 1.82) is 0 Å². The second-order valence-electron chi connectivity index (χ2n) is 6.53. The van der Waals surface area contributed by atoms with Gasteiger partial charge < -0.3 is 10.2 Å². The Morgan fingerprint density at radius 2 is 2.32 bits per heavy atom. The summed E-state index contributed by atoms with van der Waals surface area (Å²) < 4.78 is 0. The van der Waals surface area contributed by atoms with Crippen molar-refractivity contribution in [2.75, 3.05) is 18.0 Å². The van der Waals surface area contributed by atoms with Crippen LogP contribution in [0.2, 0.25) is 0 Å². The van der Waals surface area contributed by atoms with Crippen molar-refractivity contribution in [3.05, 3.63) is 23.9 Å². The summed E-state index contributed by atoms with van der Waals surface area (Å²) >= 11 is 0. The second-order valence-corrected chi connectivity index (χ2v) is 6.53. The maximum Gasteiger partial charge on any atom is 0.129 e. The molecule has 1 aliphatic carbocycles. The van der Waals surface area contributed by atoms with Gasteiger partial charge in [0.2, 0.25) is 0 Å². The first kappa shape index (κ1) is 12.9. The predicted octanol–water partition coefficient (Wildman–Crippen LogP) is 2.82. The fourth-order valence-electron chi connectivity index (χ4n) is 3.44. The molecule has 3 rings (SSSR count). The molecule has 1 saturated carbocycles. The Morgan fingerprint density at radius 3 is 3.00 bits per heavy atom. The maximum absolute atomic E-state index is 4.58. The number of hydrogen-bond donors (Lipinski definition) is 1. The van der Waals surface area contributed by atoms with Crippen molar-refractivity contribution < 1.29 is 0 Å². The molecule has 1 aromatic heterocycles. The maximum atomic E-state index is 4.58. The Bertz CT molecular complexity index is 430. The minimum absolute atomic E-state index is 0.704. The van der Waals surface area contributed by atoms with E-state index in [1.807, 2.05) is 6.20 Å². The smallest absolute Gasteiger partial charge is 0.129 e. The number of rotatable bonds is 5. The van der Waals surface area contributed by atoms with Crippen LogP contribution in [0.15, 0.2) is 18.3 Å². The van der Waals surface area contributed by atoms with Crippen LogP contribution in [0.25, 0.3) is 0 Å². The highest BCUT2D eigenvalue weighted by molar-refractivity contribution is 5.44. The lowest BCUT2D eigenvalue weighted by Gasteiger charge is -2.28. The first-order chi connectivity index (χ1) is 9.22. The third-order valence-corrected chi connectivity index (χ3v) is 4.40. The number of nitrogens with one attached hydrogen (secondary N) is 1. The van der Waals surface area contributed by atoms with Gasteiger partial charge in [0.15, 0.2) is 0 Å². The lowest BCUT2D eigenvalue weighted by Crippen LogP contribution is -2.32. The highest BCUT2D eigenvalue weighted by Crippen LogP contribution is 2.39. The van der Waals surface area contributed by atoms with Gasteiger partial charge in [0.25, 0.3) is 0 Å². The Labute approximate surface area is 116 Å². The Balaban J connectivity index is 1.63. The van der Waals surface area contributed by atoms with Gasteiger partial charge in [-0.25, -0.2) is 4.98 Å². The average molecular weight is 259 g/mol. The molecule has 3 heteroatoms. The SMILES string of the molecule is CC(C)CNCc1ccnc(N2CC3CCC2C3)c1. The molecule has 2 fully saturated rings. The summed E-state index contributed by atoms with van der Waals surface area (Å²) in [6.45, 7) is 7.74. The molecule has 2 bridgehead atoms. The van der Waals surface area contributed by atoms with Crippen LogP contribution in [-0.4, -0.2) is 24.1 Å². The molecule has 0 amide bonds. The van der Waals surface area contributed by atoms with Gasteiger partial charge >= 0.3 is 0 Å². The van der Waals surface area contributed by atoms with Crippen LogP contribution >= 0.6 is 0 Å². The Hall–Kier alpha value is -1.09. The molecule has 1 saturated heterocycles. The van der Waals surface area contributed by atoms with E-state index in [0.29, 0.717) is 5.92 Å². The van der Waals surface area contributed by atoms with E-state index >= 15 is 0 Å². The molecule has 0 radical (unpaired) electrons. The highest BCUT2D eigenvalue weighted by atomic mass is 15.2. The van der Waals surface area contributed by atoms with Gasteiger partial charge in [-0.3, -0.25) is 0 Å². The van der Waals surface area contributed by atoms with E-state index in [2.05, 4.69) is 41.2 Å². The summed E-state index contributed by atoms with van der Waals surface area (Å²) in [6, 6.07) is 5.16. The van der Waals surface area contributed by atoms with Crippen molar-refractivity contribution >= 4 is 5.82 Å². The average Bonchev–Trinajstić information content (AvgIpc) is 3.01. The number of anilines is 1. The van der Waals surface area contributed by atoms with Crippen molar-refractivity contribution in [1.82, 2.24) is 10.3 Å². The van der Waals surface area contributed by atoms with Gasteiger partial charge in [0.1, 0.15) is 5.82 Å². The fourth-order valence-corrected chi connectivity index (χ4v) is 3.44. The topological polar surface area (TPSA) is 28.2 Å². The molecule has 1 aromatic rings. The zero-order chi connectivity index (χ0) is 13.2. The zero-order valence-corrected chi connectivity index (χ0v) is 12.1. The van der Waals surface area contributed by atoms with Crippen LogP contribution in [0.4, 0.5) is 5.82 Å². The van der Waals surface area contributed by atoms with Crippen LogP contribution < -0.4 is 10.2 Å². The standard InChI is InChI=1S/C16H25N3/c1-12(2)9-17-10-13-5-6-18-16(8-13)19-11-14-3-4-15(19)7-14/h5-6,8,12,14-15,17H,3-4,7,9-11H2,1-2H3. The van der Waals surface area contributed by atoms with Crippen molar-refractivity contribution in [2.24, 2.45) is 11.8 Å². The summed E-state index contributed by atoms with van der Waals surface area (Å²) in [6.07, 6.45) is 6.14. The Morgan fingerprint density at radius 1 is 1.42 bits per heavy atom. The van der Waals surface area contributed by atoms with Crippen LogP contribution in [0, 0.1) is 11.8 Å². The molecule has 2 unspecified atom stereocenters. The summed E-state index contributed by atoms with van der Waals surface area (Å²) in [5.41, 5.74) is 1.36. The van der Waals surface area contributed by atoms with Gasteiger partial charge in [0, 0.05) is 25.3 Å². The summed E-state index contributed by atoms with van der Waals surface area (Å²) in [4.78, 5) is 7.11. The molecule has 104 valence electrons. The fraction of sp³-hybridized carbons (Fsp3) is 0.688. The molecule has 1 N–H and O–H groups in total. The van der Waals surface area contributed by atoms with Crippen LogP contribution in [0.3, 0.4) is 0 Å². The molecule has 0 aromatic carbocycles. The molecule has 2 atom stereocenters. The van der Waals surface area contributed by atoms with Crippen LogP contribution in [0.1, 0.15) is 38.7 Å². The van der Waals surface area contributed by atoms with E-state index in [9.17, 15) is 0 Å². The molecule has 19 heavy (non-hydrogen) atoms. The Kier molecular flexibility index (Phi) is 3.74. The summed E-state index contributed by atoms with van der Waals surface area (Å²) in [7, 11) is 0. The number of hydrogen-bond acceptors (Lipinski definition) is 3. The van der Waals surface area contributed by atoms with E-state index in [4.69, 9.17) is 0 Å². The first-order valence-electron chi connectivity index (χ1n) is 7.64. The number of pyridine rings is 1. The summed E-state index contributed by atoms with van der Waals surface area (Å²) in [5.74, 6) is 2.82. The number of fused-ring (bicyclic) bond motifs is 2. The molecular weight excluding hydrogens is 234 g/mol. The normalized spacial score (nSPS) is 25.5. The predicted molar refractivity (Wildman–Crippen MR) is 79.3 cm³/mol. The number of aromatic nitrogens is 1. The van der Waals surface area contributed by atoms with Gasteiger partial charge in [-0.1, -0.05) is 13.8 Å². The zero-order valence-electron chi connectivity index (χ0n) is 12.1. The lowest BCUT2D eigenvalue weighted by atomic mass is 10.1. The van der Waals surface area contributed by atoms with Crippen molar-refractivity contribution in [2.45, 2.75) is 45.7 Å². The van der Waals surface area contributed by atoms with Gasteiger partial charge in [-0.2, -0.15) is 0 Å².